The highest BCUT2D eigenvalue weighted by Crippen LogP contribution is 2.33. The van der Waals surface area contributed by atoms with Crippen LogP contribution in [0, 0.1) is 11.3 Å². The molecule has 1 amide bonds. The molecule has 140 valence electrons. The normalized spacial score (nSPS) is 21.7. The molecule has 26 heavy (non-hydrogen) atoms. The van der Waals surface area contributed by atoms with Crippen LogP contribution >= 0.6 is 0 Å². The van der Waals surface area contributed by atoms with Gasteiger partial charge in [-0.3, -0.25) is 9.69 Å². The molecule has 0 N–H and O–H groups in total. The second-order valence-electron chi connectivity index (χ2n) is 7.49. The van der Waals surface area contributed by atoms with Crippen LogP contribution in [0.3, 0.4) is 0 Å². The van der Waals surface area contributed by atoms with Crippen molar-refractivity contribution in [3.8, 4) is 6.07 Å². The van der Waals surface area contributed by atoms with Crippen molar-refractivity contribution in [3.05, 3.63) is 24.4 Å². The van der Waals surface area contributed by atoms with Gasteiger partial charge in [0.15, 0.2) is 0 Å². The smallest absolute Gasteiger partial charge is 0.240 e. The average molecular weight is 355 g/mol. The molecule has 0 unspecified atom stereocenters. The molecule has 1 aliphatic heterocycles. The number of hydrogen-bond acceptors (Lipinski definition) is 5. The Morgan fingerprint density at radius 1 is 1.23 bits per heavy atom. The van der Waals surface area contributed by atoms with E-state index in [4.69, 9.17) is 0 Å². The van der Waals surface area contributed by atoms with Crippen LogP contribution in [0.25, 0.3) is 0 Å². The standard InChI is InChI=1S/C20H29N5O/c1-17(19(26)23(2)20(16-21)9-5-3-6-10-20)24-12-14-25(15-13-24)18-8-4-7-11-22-18/h4,7-8,11,17H,3,5-6,9-10,12-15H2,1-2H3/t17-/m0/s1. The molecule has 6 nitrogen and oxygen atoms in total. The summed E-state index contributed by atoms with van der Waals surface area (Å²) in [7, 11) is 1.82. The Labute approximate surface area is 156 Å². The van der Waals surface area contributed by atoms with E-state index in [1.165, 1.54) is 0 Å². The molecule has 0 radical (unpaired) electrons. The highest BCUT2D eigenvalue weighted by Gasteiger charge is 2.41. The second kappa shape index (κ2) is 8.05. The molecule has 1 saturated heterocycles. The SMILES string of the molecule is C[C@@H](C(=O)N(C)C1(C#N)CCCCC1)N1CCN(c2ccccn2)CC1. The summed E-state index contributed by atoms with van der Waals surface area (Å²) in [6.07, 6.45) is 6.63. The Morgan fingerprint density at radius 2 is 1.92 bits per heavy atom. The first-order chi connectivity index (χ1) is 12.6. The number of pyridine rings is 1. The largest absolute Gasteiger partial charge is 0.354 e. The molecular formula is C20H29N5O. The number of anilines is 1. The van der Waals surface area contributed by atoms with Gasteiger partial charge < -0.3 is 9.80 Å². The van der Waals surface area contributed by atoms with Gasteiger partial charge in [-0.25, -0.2) is 4.98 Å². The van der Waals surface area contributed by atoms with Crippen molar-refractivity contribution in [3.63, 3.8) is 0 Å². The number of likely N-dealkylation sites (N-methyl/N-ethyl adjacent to an activating group) is 1. The maximum atomic E-state index is 13.1. The molecule has 1 saturated carbocycles. The fraction of sp³-hybridized carbons (Fsp3) is 0.650. The van der Waals surface area contributed by atoms with Gasteiger partial charge >= 0.3 is 0 Å². The highest BCUT2D eigenvalue weighted by molar-refractivity contribution is 5.82. The predicted octanol–water partition coefficient (Wildman–Crippen LogP) is 2.28. The van der Waals surface area contributed by atoms with Crippen LogP contribution in [0.1, 0.15) is 39.0 Å². The first-order valence-corrected chi connectivity index (χ1v) is 9.66. The summed E-state index contributed by atoms with van der Waals surface area (Å²) in [5.41, 5.74) is -0.612. The summed E-state index contributed by atoms with van der Waals surface area (Å²) in [6.45, 7) is 5.36. The molecular weight excluding hydrogens is 326 g/mol. The van der Waals surface area contributed by atoms with Gasteiger partial charge in [-0.2, -0.15) is 5.26 Å². The first-order valence-electron chi connectivity index (χ1n) is 9.66. The number of nitriles is 1. The van der Waals surface area contributed by atoms with Gasteiger partial charge in [0.1, 0.15) is 11.4 Å². The lowest BCUT2D eigenvalue weighted by Gasteiger charge is -2.43. The zero-order valence-electron chi connectivity index (χ0n) is 15.9. The summed E-state index contributed by atoms with van der Waals surface area (Å²) in [6, 6.07) is 8.21. The van der Waals surface area contributed by atoms with Gasteiger partial charge in [-0.15, -0.1) is 0 Å². The summed E-state index contributed by atoms with van der Waals surface area (Å²) in [4.78, 5) is 23.7. The Bertz CT molecular complexity index is 642. The van der Waals surface area contributed by atoms with E-state index in [1.807, 2.05) is 38.4 Å². The fourth-order valence-electron chi connectivity index (χ4n) is 4.19. The van der Waals surface area contributed by atoms with E-state index in [-0.39, 0.29) is 11.9 Å². The Hall–Kier alpha value is -2.13. The molecule has 1 aromatic heterocycles. The van der Waals surface area contributed by atoms with E-state index >= 15 is 0 Å². The molecule has 3 rings (SSSR count). The van der Waals surface area contributed by atoms with Crippen molar-refractivity contribution in [2.45, 2.75) is 50.6 Å². The van der Waals surface area contributed by atoms with Crippen LogP contribution in [0.5, 0.6) is 0 Å². The van der Waals surface area contributed by atoms with E-state index in [0.29, 0.717) is 0 Å². The maximum absolute atomic E-state index is 13.1. The van der Waals surface area contributed by atoms with Crippen molar-refractivity contribution >= 4 is 11.7 Å². The minimum absolute atomic E-state index is 0.0692. The molecule has 2 fully saturated rings. The molecule has 0 bridgehead atoms. The van der Waals surface area contributed by atoms with Crippen molar-refractivity contribution in [1.82, 2.24) is 14.8 Å². The van der Waals surface area contributed by atoms with Crippen LogP contribution in [0.15, 0.2) is 24.4 Å². The molecule has 6 heteroatoms. The average Bonchev–Trinajstić information content (AvgIpc) is 2.73. The molecule has 1 aromatic rings. The second-order valence-corrected chi connectivity index (χ2v) is 7.49. The van der Waals surface area contributed by atoms with Crippen LogP contribution in [-0.2, 0) is 4.79 Å². The lowest BCUT2D eigenvalue weighted by Crippen LogP contribution is -2.58. The molecule has 1 atom stereocenters. The van der Waals surface area contributed by atoms with Gasteiger partial charge in [0.2, 0.25) is 5.91 Å². The molecule has 2 aliphatic rings. The minimum Gasteiger partial charge on any atom is -0.354 e. The fourth-order valence-corrected chi connectivity index (χ4v) is 4.19. The van der Waals surface area contributed by atoms with Crippen LogP contribution < -0.4 is 4.90 Å². The quantitative estimate of drug-likeness (QED) is 0.829. The molecule has 2 heterocycles. The third kappa shape index (κ3) is 3.68. The third-order valence-corrected chi connectivity index (χ3v) is 6.05. The van der Waals surface area contributed by atoms with Crippen molar-refractivity contribution < 1.29 is 4.79 Å². The third-order valence-electron chi connectivity index (χ3n) is 6.05. The van der Waals surface area contributed by atoms with Gasteiger partial charge in [-0.05, 0) is 31.9 Å². The van der Waals surface area contributed by atoms with Crippen LogP contribution in [0.2, 0.25) is 0 Å². The van der Waals surface area contributed by atoms with E-state index in [2.05, 4.69) is 20.9 Å². The number of rotatable bonds is 4. The number of carbonyl (C=O) groups excluding carboxylic acids is 1. The lowest BCUT2D eigenvalue weighted by atomic mass is 9.81. The van der Waals surface area contributed by atoms with Gasteiger partial charge in [0.25, 0.3) is 0 Å². The van der Waals surface area contributed by atoms with Gasteiger partial charge in [-0.1, -0.05) is 25.3 Å². The number of carbonyl (C=O) groups is 1. The van der Waals surface area contributed by atoms with Crippen LogP contribution in [-0.4, -0.2) is 65.5 Å². The van der Waals surface area contributed by atoms with Gasteiger partial charge in [0, 0.05) is 39.4 Å². The topological polar surface area (TPSA) is 63.5 Å². The number of amides is 1. The highest BCUT2D eigenvalue weighted by atomic mass is 16.2. The summed E-state index contributed by atoms with van der Waals surface area (Å²) in [5.74, 6) is 1.06. The minimum atomic E-state index is -0.612. The van der Waals surface area contributed by atoms with E-state index in [0.717, 1.165) is 64.1 Å². The lowest BCUT2D eigenvalue weighted by molar-refractivity contribution is -0.140. The van der Waals surface area contributed by atoms with E-state index in [1.54, 1.807) is 4.90 Å². The zero-order chi connectivity index (χ0) is 18.6. The van der Waals surface area contributed by atoms with E-state index < -0.39 is 5.54 Å². The molecule has 0 spiro atoms. The first kappa shape index (κ1) is 18.7. The number of aromatic nitrogens is 1. The Balaban J connectivity index is 1.60. The van der Waals surface area contributed by atoms with Crippen molar-refractivity contribution in [1.29, 1.82) is 5.26 Å². The molecule has 1 aliphatic carbocycles. The van der Waals surface area contributed by atoms with E-state index in [9.17, 15) is 10.1 Å². The number of piperazine rings is 1. The van der Waals surface area contributed by atoms with Crippen LogP contribution in [0.4, 0.5) is 5.82 Å². The summed E-state index contributed by atoms with van der Waals surface area (Å²) >= 11 is 0. The number of nitrogens with zero attached hydrogens (tertiary/aromatic N) is 5. The Morgan fingerprint density at radius 3 is 2.50 bits per heavy atom. The maximum Gasteiger partial charge on any atom is 0.240 e. The Kier molecular flexibility index (Phi) is 5.77. The van der Waals surface area contributed by atoms with Crippen molar-refractivity contribution in [2.75, 3.05) is 38.1 Å². The van der Waals surface area contributed by atoms with Gasteiger partial charge in [0.05, 0.1) is 12.1 Å². The monoisotopic (exact) mass is 355 g/mol. The summed E-state index contributed by atoms with van der Waals surface area (Å²) < 4.78 is 0. The summed E-state index contributed by atoms with van der Waals surface area (Å²) in [5, 5.41) is 9.74. The molecule has 0 aromatic carbocycles. The number of hydrogen-bond donors (Lipinski definition) is 0. The zero-order valence-corrected chi connectivity index (χ0v) is 15.9. The van der Waals surface area contributed by atoms with Crippen molar-refractivity contribution in [2.24, 2.45) is 0 Å². The predicted molar refractivity (Wildman–Crippen MR) is 102 cm³/mol.